The van der Waals surface area contributed by atoms with Gasteiger partial charge in [-0.1, -0.05) is 66.0 Å². The second kappa shape index (κ2) is 13.5. The van der Waals surface area contributed by atoms with E-state index in [0.29, 0.717) is 44.8 Å². The zero-order valence-corrected chi connectivity index (χ0v) is 24.9. The van der Waals surface area contributed by atoms with Gasteiger partial charge < -0.3 is 10.2 Å². The van der Waals surface area contributed by atoms with Crippen molar-refractivity contribution in [2.45, 2.75) is 44.7 Å². The number of carbonyl (C=O) groups excluding carboxylic acids is 2. The van der Waals surface area contributed by atoms with Gasteiger partial charge in [0.05, 0.1) is 10.6 Å². The van der Waals surface area contributed by atoms with Gasteiger partial charge in [0.25, 0.3) is 10.0 Å². The summed E-state index contributed by atoms with van der Waals surface area (Å²) >= 11 is 18.6. The molecule has 3 aromatic carbocycles. The molecule has 208 valence electrons. The number of hydrogen-bond acceptors (Lipinski definition) is 4. The molecule has 7 nitrogen and oxygen atoms in total. The van der Waals surface area contributed by atoms with Crippen molar-refractivity contribution in [3.05, 3.63) is 92.9 Å². The molecule has 11 heteroatoms. The van der Waals surface area contributed by atoms with E-state index in [1.54, 1.807) is 75.4 Å². The molecule has 0 aliphatic heterocycles. The number of aryl methyl sites for hydroxylation is 1. The predicted octanol–water partition coefficient (Wildman–Crippen LogP) is 6.09. The Kier molecular flexibility index (Phi) is 10.7. The Morgan fingerprint density at radius 2 is 1.56 bits per heavy atom. The fourth-order valence-corrected chi connectivity index (χ4v) is 6.37. The molecule has 0 aromatic heterocycles. The lowest BCUT2D eigenvalue weighted by molar-refractivity contribution is -0.140. The molecule has 0 radical (unpaired) electrons. The van der Waals surface area contributed by atoms with E-state index >= 15 is 0 Å². The van der Waals surface area contributed by atoms with Crippen LogP contribution in [-0.2, 0) is 26.2 Å². The zero-order chi connectivity index (χ0) is 28.7. The van der Waals surface area contributed by atoms with Gasteiger partial charge in [0.15, 0.2) is 0 Å². The molecule has 3 aromatic rings. The molecule has 0 saturated heterocycles. The molecule has 0 saturated carbocycles. The van der Waals surface area contributed by atoms with Gasteiger partial charge in [0.2, 0.25) is 11.8 Å². The van der Waals surface area contributed by atoms with E-state index in [0.717, 1.165) is 4.31 Å². The second-order valence-corrected chi connectivity index (χ2v) is 12.0. The number of nitrogens with one attached hydrogen (secondary N) is 1. The van der Waals surface area contributed by atoms with Crippen LogP contribution in [0.3, 0.4) is 0 Å². The Morgan fingerprint density at radius 3 is 2.15 bits per heavy atom. The van der Waals surface area contributed by atoms with Crippen molar-refractivity contribution in [3.63, 3.8) is 0 Å². The highest BCUT2D eigenvalue weighted by atomic mass is 35.5. The molecule has 0 aliphatic carbocycles. The van der Waals surface area contributed by atoms with Gasteiger partial charge in [-0.05, 0) is 73.9 Å². The third-order valence-corrected chi connectivity index (χ3v) is 8.73. The van der Waals surface area contributed by atoms with Gasteiger partial charge in [-0.2, -0.15) is 0 Å². The summed E-state index contributed by atoms with van der Waals surface area (Å²) in [4.78, 5) is 28.4. The molecule has 0 fully saturated rings. The molecule has 1 atom stereocenters. The topological polar surface area (TPSA) is 86.8 Å². The zero-order valence-electron chi connectivity index (χ0n) is 21.8. The van der Waals surface area contributed by atoms with Crippen LogP contribution < -0.4 is 9.62 Å². The molecule has 0 spiro atoms. The maximum absolute atomic E-state index is 14.0. The van der Waals surface area contributed by atoms with Crippen molar-refractivity contribution < 1.29 is 18.0 Å². The summed E-state index contributed by atoms with van der Waals surface area (Å²) in [7, 11) is -4.17. The van der Waals surface area contributed by atoms with E-state index in [-0.39, 0.29) is 17.3 Å². The highest BCUT2D eigenvalue weighted by Crippen LogP contribution is 2.30. The summed E-state index contributed by atoms with van der Waals surface area (Å²) in [6.07, 6.45) is 0.300. The van der Waals surface area contributed by atoms with Crippen molar-refractivity contribution >= 4 is 62.3 Å². The van der Waals surface area contributed by atoms with Crippen LogP contribution in [0, 0.1) is 6.92 Å². The summed E-state index contributed by atoms with van der Waals surface area (Å²) in [6, 6.07) is 16.6. The van der Waals surface area contributed by atoms with Crippen molar-refractivity contribution in [3.8, 4) is 0 Å². The van der Waals surface area contributed by atoms with Crippen molar-refractivity contribution in [2.24, 2.45) is 0 Å². The SMILES string of the molecule is CCNC(=O)[C@@H](CC)N(Cc1ccc(Cl)cc1Cl)C(=O)CN(c1ccc(Cl)cc1C)S(=O)(=O)c1ccccc1. The van der Waals surface area contributed by atoms with Crippen LogP contribution in [0.1, 0.15) is 31.4 Å². The average Bonchev–Trinajstić information content (AvgIpc) is 2.89. The van der Waals surface area contributed by atoms with Crippen molar-refractivity contribution in [1.82, 2.24) is 10.2 Å². The Balaban J connectivity index is 2.10. The monoisotopic (exact) mass is 609 g/mol. The van der Waals surface area contributed by atoms with Crippen LogP contribution in [0.2, 0.25) is 15.1 Å². The van der Waals surface area contributed by atoms with E-state index < -0.39 is 28.5 Å². The predicted molar refractivity (Wildman–Crippen MR) is 157 cm³/mol. The quantitative estimate of drug-likeness (QED) is 0.285. The number of anilines is 1. The normalized spacial score (nSPS) is 12.1. The number of likely N-dealkylation sites (N-methyl/N-ethyl adjacent to an activating group) is 1. The van der Waals surface area contributed by atoms with Gasteiger partial charge in [-0.3, -0.25) is 13.9 Å². The minimum atomic E-state index is -4.17. The highest BCUT2D eigenvalue weighted by molar-refractivity contribution is 7.92. The number of hydrogen-bond donors (Lipinski definition) is 1. The summed E-state index contributed by atoms with van der Waals surface area (Å²) in [5.74, 6) is -0.924. The maximum Gasteiger partial charge on any atom is 0.264 e. The van der Waals surface area contributed by atoms with Gasteiger partial charge in [-0.25, -0.2) is 8.42 Å². The summed E-state index contributed by atoms with van der Waals surface area (Å²) in [6.45, 7) is 5.07. The fourth-order valence-electron chi connectivity index (χ4n) is 4.18. The van der Waals surface area contributed by atoms with Crippen LogP contribution in [0.4, 0.5) is 5.69 Å². The number of benzene rings is 3. The van der Waals surface area contributed by atoms with Gasteiger partial charge in [-0.15, -0.1) is 0 Å². The molecule has 39 heavy (non-hydrogen) atoms. The Labute approximate surface area is 244 Å². The van der Waals surface area contributed by atoms with Crippen LogP contribution in [0.5, 0.6) is 0 Å². The molecule has 3 rings (SSSR count). The van der Waals surface area contributed by atoms with Crippen molar-refractivity contribution in [1.29, 1.82) is 0 Å². The lowest BCUT2D eigenvalue weighted by Crippen LogP contribution is -2.52. The van der Waals surface area contributed by atoms with Crippen molar-refractivity contribution in [2.75, 3.05) is 17.4 Å². The van der Waals surface area contributed by atoms with E-state index in [1.165, 1.54) is 17.0 Å². The number of rotatable bonds is 11. The number of sulfonamides is 1. The summed E-state index contributed by atoms with van der Waals surface area (Å²) in [5.41, 5.74) is 1.43. The summed E-state index contributed by atoms with van der Waals surface area (Å²) in [5, 5.41) is 3.95. The standard InChI is InChI=1S/C28H30Cl3N3O4S/c1-4-25(28(36)32-5-2)33(17-20-11-12-22(30)16-24(20)31)27(35)18-34(26-14-13-21(29)15-19(26)3)39(37,38)23-9-7-6-8-10-23/h6-16,25H,4-5,17-18H2,1-3H3,(H,32,36)/t25-/m1/s1. The molecule has 0 bridgehead atoms. The van der Waals surface area contributed by atoms with Crippen LogP contribution in [-0.4, -0.2) is 44.3 Å². The Morgan fingerprint density at radius 1 is 0.923 bits per heavy atom. The van der Waals surface area contributed by atoms with E-state index in [4.69, 9.17) is 34.8 Å². The lowest BCUT2D eigenvalue weighted by Gasteiger charge is -2.33. The van der Waals surface area contributed by atoms with Gasteiger partial charge in [0.1, 0.15) is 12.6 Å². The van der Waals surface area contributed by atoms with Crippen LogP contribution in [0.15, 0.2) is 71.6 Å². The maximum atomic E-state index is 14.0. The number of carbonyl (C=O) groups is 2. The largest absolute Gasteiger partial charge is 0.355 e. The van der Waals surface area contributed by atoms with Gasteiger partial charge in [0, 0.05) is 28.2 Å². The minimum absolute atomic E-state index is 0.0233. The average molecular weight is 611 g/mol. The smallest absolute Gasteiger partial charge is 0.264 e. The molecule has 0 aliphatic rings. The minimum Gasteiger partial charge on any atom is -0.355 e. The first kappa shape index (κ1) is 30.8. The highest BCUT2D eigenvalue weighted by Gasteiger charge is 2.34. The Bertz CT molecular complexity index is 1440. The number of amides is 2. The fraction of sp³-hybridized carbons (Fsp3) is 0.286. The van der Waals surface area contributed by atoms with Crippen LogP contribution >= 0.6 is 34.8 Å². The molecule has 1 N–H and O–H groups in total. The number of halogens is 3. The first-order valence-corrected chi connectivity index (χ1v) is 14.9. The van der Waals surface area contributed by atoms with Crippen LogP contribution in [0.25, 0.3) is 0 Å². The molecule has 0 heterocycles. The van der Waals surface area contributed by atoms with E-state index in [9.17, 15) is 18.0 Å². The van der Waals surface area contributed by atoms with E-state index in [2.05, 4.69) is 5.32 Å². The molecule has 2 amide bonds. The number of nitrogens with zero attached hydrogens (tertiary/aromatic N) is 2. The first-order chi connectivity index (χ1) is 18.5. The van der Waals surface area contributed by atoms with Gasteiger partial charge >= 0.3 is 0 Å². The Hall–Kier alpha value is -2.78. The van der Waals surface area contributed by atoms with E-state index in [1.807, 2.05) is 0 Å². The summed E-state index contributed by atoms with van der Waals surface area (Å²) < 4.78 is 28.8. The molecular weight excluding hydrogens is 581 g/mol. The molecule has 0 unspecified atom stereocenters. The molecular formula is C28H30Cl3N3O4S. The lowest BCUT2D eigenvalue weighted by atomic mass is 10.1. The first-order valence-electron chi connectivity index (χ1n) is 12.3. The second-order valence-electron chi connectivity index (χ2n) is 8.83. The third-order valence-electron chi connectivity index (χ3n) is 6.13. The third kappa shape index (κ3) is 7.45.